The lowest BCUT2D eigenvalue weighted by Gasteiger charge is -2.34. The van der Waals surface area contributed by atoms with E-state index in [4.69, 9.17) is 0 Å². The van der Waals surface area contributed by atoms with Crippen LogP contribution in [-0.4, -0.2) is 28.9 Å². The second kappa shape index (κ2) is 7.77. The van der Waals surface area contributed by atoms with Crippen molar-refractivity contribution < 1.29 is 4.79 Å². The van der Waals surface area contributed by atoms with Crippen molar-refractivity contribution >= 4 is 5.91 Å². The summed E-state index contributed by atoms with van der Waals surface area (Å²) in [4.78, 5) is 14.7. The van der Waals surface area contributed by atoms with E-state index >= 15 is 0 Å². The molecule has 1 aromatic carbocycles. The Morgan fingerprint density at radius 1 is 1.14 bits per heavy atom. The molecule has 0 aromatic heterocycles. The predicted octanol–water partition coefficient (Wildman–Crippen LogP) is 3.74. The van der Waals surface area contributed by atoms with Crippen molar-refractivity contribution in [3.63, 3.8) is 0 Å². The Morgan fingerprint density at radius 2 is 1.77 bits per heavy atom. The first-order valence-electron chi connectivity index (χ1n) is 8.53. The number of carbonyl (C=O) groups is 1. The second-order valence-corrected chi connectivity index (χ2v) is 7.48. The van der Waals surface area contributed by atoms with Gasteiger partial charge in [0.1, 0.15) is 0 Å². The van der Waals surface area contributed by atoms with E-state index in [1.807, 2.05) is 26.8 Å². The third-order valence-electron chi connectivity index (χ3n) is 4.18. The van der Waals surface area contributed by atoms with E-state index in [0.29, 0.717) is 12.6 Å². The predicted molar refractivity (Wildman–Crippen MR) is 91.6 cm³/mol. The van der Waals surface area contributed by atoms with Gasteiger partial charge in [0.15, 0.2) is 0 Å². The molecule has 0 saturated heterocycles. The monoisotopic (exact) mass is 302 g/mol. The molecule has 1 aromatic rings. The maximum atomic E-state index is 12.3. The molecular weight excluding hydrogens is 272 g/mol. The summed E-state index contributed by atoms with van der Waals surface area (Å²) >= 11 is 0. The molecular formula is C19H30N2O. The largest absolute Gasteiger partial charge is 0.350 e. The quantitative estimate of drug-likeness (QED) is 0.898. The summed E-state index contributed by atoms with van der Waals surface area (Å²) in [6, 6.07) is 11.0. The molecule has 1 fully saturated rings. The molecule has 0 heterocycles. The first-order chi connectivity index (χ1) is 10.4. The lowest BCUT2D eigenvalue weighted by atomic mass is 9.93. The molecule has 0 atom stereocenters. The van der Waals surface area contributed by atoms with Crippen LogP contribution in [0.2, 0.25) is 0 Å². The average Bonchev–Trinajstić information content (AvgIpc) is 2.47. The molecule has 1 aliphatic carbocycles. The van der Waals surface area contributed by atoms with Gasteiger partial charge in [-0.05, 0) is 39.2 Å². The summed E-state index contributed by atoms with van der Waals surface area (Å²) in [5, 5.41) is 3.09. The minimum Gasteiger partial charge on any atom is -0.350 e. The van der Waals surface area contributed by atoms with E-state index in [1.54, 1.807) is 0 Å². The Morgan fingerprint density at radius 3 is 2.36 bits per heavy atom. The Balaban J connectivity index is 2.02. The van der Waals surface area contributed by atoms with Crippen molar-refractivity contribution in [2.75, 3.05) is 6.54 Å². The zero-order valence-corrected chi connectivity index (χ0v) is 14.3. The topological polar surface area (TPSA) is 32.3 Å². The average molecular weight is 302 g/mol. The van der Waals surface area contributed by atoms with Crippen molar-refractivity contribution in [3.05, 3.63) is 35.9 Å². The fraction of sp³-hybridized carbons (Fsp3) is 0.632. The fourth-order valence-corrected chi connectivity index (χ4v) is 3.22. The maximum absolute atomic E-state index is 12.3. The minimum absolute atomic E-state index is 0.133. The van der Waals surface area contributed by atoms with Gasteiger partial charge in [-0.25, -0.2) is 0 Å². The third-order valence-corrected chi connectivity index (χ3v) is 4.18. The highest BCUT2D eigenvalue weighted by molar-refractivity contribution is 5.78. The molecule has 0 spiro atoms. The number of amides is 1. The fourth-order valence-electron chi connectivity index (χ4n) is 3.22. The van der Waals surface area contributed by atoms with Crippen LogP contribution in [0, 0.1) is 0 Å². The second-order valence-electron chi connectivity index (χ2n) is 7.48. The summed E-state index contributed by atoms with van der Waals surface area (Å²) in [6.07, 6.45) is 6.35. The van der Waals surface area contributed by atoms with Gasteiger partial charge < -0.3 is 5.32 Å². The van der Waals surface area contributed by atoms with E-state index in [-0.39, 0.29) is 11.4 Å². The van der Waals surface area contributed by atoms with E-state index in [1.165, 1.54) is 37.7 Å². The van der Waals surface area contributed by atoms with Crippen LogP contribution >= 0.6 is 0 Å². The Kier molecular flexibility index (Phi) is 6.01. The molecule has 0 radical (unpaired) electrons. The molecule has 22 heavy (non-hydrogen) atoms. The summed E-state index contributed by atoms with van der Waals surface area (Å²) in [5.41, 5.74) is 1.12. The summed E-state index contributed by atoms with van der Waals surface area (Å²) in [6.45, 7) is 7.47. The number of hydrogen-bond donors (Lipinski definition) is 1. The first-order valence-corrected chi connectivity index (χ1v) is 8.53. The standard InChI is InChI=1S/C19H30N2O/c1-19(2,3)20-18(22)15-21(17-12-8-5-9-13-17)14-16-10-6-4-7-11-16/h4,6-7,10-11,17H,5,8-9,12-15H2,1-3H3,(H,20,22). The number of benzene rings is 1. The van der Waals surface area contributed by atoms with Gasteiger partial charge >= 0.3 is 0 Å². The van der Waals surface area contributed by atoms with Gasteiger partial charge in [0.25, 0.3) is 0 Å². The molecule has 1 aliphatic rings. The summed E-state index contributed by atoms with van der Waals surface area (Å²) in [5.74, 6) is 0.133. The Labute approximate surface area is 135 Å². The van der Waals surface area contributed by atoms with Gasteiger partial charge in [0.2, 0.25) is 5.91 Å². The SMILES string of the molecule is CC(C)(C)NC(=O)CN(Cc1ccccc1)C1CCCCC1. The van der Waals surface area contributed by atoms with Gasteiger partial charge in [-0.2, -0.15) is 0 Å². The molecule has 3 nitrogen and oxygen atoms in total. The van der Waals surface area contributed by atoms with Crippen molar-refractivity contribution in [3.8, 4) is 0 Å². The Hall–Kier alpha value is -1.35. The van der Waals surface area contributed by atoms with Gasteiger partial charge in [-0.3, -0.25) is 9.69 Å². The zero-order valence-electron chi connectivity index (χ0n) is 14.3. The highest BCUT2D eigenvalue weighted by atomic mass is 16.2. The lowest BCUT2D eigenvalue weighted by Crippen LogP contribution is -2.48. The van der Waals surface area contributed by atoms with Crippen molar-refractivity contribution in [1.29, 1.82) is 0 Å². The van der Waals surface area contributed by atoms with Crippen LogP contribution in [0.25, 0.3) is 0 Å². The molecule has 3 heteroatoms. The number of carbonyl (C=O) groups excluding carboxylic acids is 1. The van der Waals surface area contributed by atoms with Crippen molar-refractivity contribution in [2.45, 2.75) is 71.0 Å². The number of rotatable bonds is 5. The minimum atomic E-state index is -0.165. The van der Waals surface area contributed by atoms with Crippen molar-refractivity contribution in [2.24, 2.45) is 0 Å². The van der Waals surface area contributed by atoms with Gasteiger partial charge in [0.05, 0.1) is 6.54 Å². The Bertz CT molecular complexity index is 458. The highest BCUT2D eigenvalue weighted by Crippen LogP contribution is 2.24. The van der Waals surface area contributed by atoms with Crippen LogP contribution in [0.4, 0.5) is 0 Å². The summed E-state index contributed by atoms with van der Waals surface area (Å²) < 4.78 is 0. The van der Waals surface area contributed by atoms with Crippen LogP contribution in [0.5, 0.6) is 0 Å². The number of nitrogens with one attached hydrogen (secondary N) is 1. The summed E-state index contributed by atoms with van der Waals surface area (Å²) in [7, 11) is 0. The molecule has 0 unspecified atom stereocenters. The van der Waals surface area contributed by atoms with Crippen LogP contribution in [0.15, 0.2) is 30.3 Å². The van der Waals surface area contributed by atoms with Crippen LogP contribution in [0.3, 0.4) is 0 Å². The first kappa shape index (κ1) is 17.0. The zero-order chi connectivity index (χ0) is 16.0. The van der Waals surface area contributed by atoms with Crippen LogP contribution in [-0.2, 0) is 11.3 Å². The number of nitrogens with zero attached hydrogens (tertiary/aromatic N) is 1. The van der Waals surface area contributed by atoms with Gasteiger partial charge in [-0.1, -0.05) is 49.6 Å². The molecule has 0 aliphatic heterocycles. The molecule has 122 valence electrons. The van der Waals surface area contributed by atoms with Crippen molar-refractivity contribution in [1.82, 2.24) is 10.2 Å². The lowest BCUT2D eigenvalue weighted by molar-refractivity contribution is -0.124. The molecule has 0 bridgehead atoms. The van der Waals surface area contributed by atoms with Gasteiger partial charge in [0, 0.05) is 18.1 Å². The normalized spacial score (nSPS) is 16.7. The molecule has 1 N–H and O–H groups in total. The maximum Gasteiger partial charge on any atom is 0.234 e. The number of hydrogen-bond acceptors (Lipinski definition) is 2. The van der Waals surface area contributed by atoms with E-state index in [2.05, 4.69) is 34.5 Å². The van der Waals surface area contributed by atoms with E-state index in [0.717, 1.165) is 6.54 Å². The van der Waals surface area contributed by atoms with Crippen LogP contribution < -0.4 is 5.32 Å². The van der Waals surface area contributed by atoms with E-state index in [9.17, 15) is 4.79 Å². The highest BCUT2D eigenvalue weighted by Gasteiger charge is 2.24. The third kappa shape index (κ3) is 5.80. The molecule has 1 saturated carbocycles. The van der Waals surface area contributed by atoms with Crippen LogP contribution in [0.1, 0.15) is 58.4 Å². The molecule has 2 rings (SSSR count). The van der Waals surface area contributed by atoms with Gasteiger partial charge in [-0.15, -0.1) is 0 Å². The smallest absolute Gasteiger partial charge is 0.234 e. The van der Waals surface area contributed by atoms with E-state index < -0.39 is 0 Å². The molecule has 1 amide bonds.